The number of nitrogens with zero attached hydrogens (tertiary/aromatic N) is 4. The van der Waals surface area contributed by atoms with Gasteiger partial charge in [0.15, 0.2) is 0 Å². The molecule has 0 radical (unpaired) electrons. The van der Waals surface area contributed by atoms with Crippen LogP contribution < -0.4 is 25.6 Å². The van der Waals surface area contributed by atoms with Gasteiger partial charge < -0.3 is 20.3 Å². The Labute approximate surface area is 308 Å². The second-order valence-corrected chi connectivity index (χ2v) is 13.3. The number of ether oxygens (including phenoxy) is 1. The maximum atomic E-state index is 15.4. The van der Waals surface area contributed by atoms with Gasteiger partial charge in [0.05, 0.1) is 40.9 Å². The van der Waals surface area contributed by atoms with Crippen LogP contribution in [0.15, 0.2) is 84.9 Å². The first kappa shape index (κ1) is 37.2. The summed E-state index contributed by atoms with van der Waals surface area (Å²) in [7, 11) is 0. The summed E-state index contributed by atoms with van der Waals surface area (Å²) in [6, 6.07) is 17.9. The number of hydrogen-bond acceptors (Lipinski definition) is 5. The predicted molar refractivity (Wildman–Crippen MR) is 196 cm³/mol. The van der Waals surface area contributed by atoms with E-state index in [1.807, 2.05) is 17.0 Å². The third-order valence-corrected chi connectivity index (χ3v) is 9.35. The average Bonchev–Trinajstić information content (AvgIpc) is 3.12. The van der Waals surface area contributed by atoms with Gasteiger partial charge in [0, 0.05) is 49.1 Å². The second-order valence-electron chi connectivity index (χ2n) is 12.4. The summed E-state index contributed by atoms with van der Waals surface area (Å²) in [5, 5.41) is 6.62. The molecular formula is C37H36Cl2F4N6O3. The Kier molecular flexibility index (Phi) is 11.7. The van der Waals surface area contributed by atoms with Gasteiger partial charge in [-0.15, -0.1) is 0 Å². The number of amides is 4. The van der Waals surface area contributed by atoms with Crippen LogP contribution in [0.4, 0.5) is 55.6 Å². The molecule has 15 heteroatoms. The molecule has 0 unspecified atom stereocenters. The molecule has 2 fully saturated rings. The Morgan fingerprint density at radius 2 is 1.33 bits per heavy atom. The van der Waals surface area contributed by atoms with E-state index in [2.05, 4.69) is 15.5 Å². The van der Waals surface area contributed by atoms with Crippen LogP contribution in [-0.4, -0.2) is 56.4 Å². The molecule has 0 atom stereocenters. The number of carbonyl (C=O) groups is 2. The molecule has 0 aromatic heterocycles. The molecule has 2 heterocycles. The van der Waals surface area contributed by atoms with Crippen molar-refractivity contribution in [2.75, 3.05) is 64.9 Å². The highest BCUT2D eigenvalue weighted by Gasteiger charge is 2.36. The fraction of sp³-hybridized carbons (Fsp3) is 0.297. The zero-order valence-corrected chi connectivity index (χ0v) is 29.4. The van der Waals surface area contributed by atoms with Crippen molar-refractivity contribution < 1.29 is 31.9 Å². The van der Waals surface area contributed by atoms with Crippen molar-refractivity contribution in [2.45, 2.75) is 32.0 Å². The van der Waals surface area contributed by atoms with Crippen LogP contribution in [0.25, 0.3) is 0 Å². The Morgan fingerprint density at radius 1 is 0.731 bits per heavy atom. The molecule has 6 rings (SSSR count). The van der Waals surface area contributed by atoms with Gasteiger partial charge >= 0.3 is 18.2 Å². The minimum Gasteiger partial charge on any atom is -0.379 e. The average molecular weight is 760 g/mol. The summed E-state index contributed by atoms with van der Waals surface area (Å²) in [5.74, 6) is -0.582. The Balaban J connectivity index is 1.35. The number of anilines is 5. The number of rotatable bonds is 7. The van der Waals surface area contributed by atoms with Crippen molar-refractivity contribution in [1.82, 2.24) is 4.90 Å². The summed E-state index contributed by atoms with van der Waals surface area (Å²) in [6.45, 7) is 4.95. The molecule has 2 aliphatic rings. The molecule has 0 bridgehead atoms. The second kappa shape index (κ2) is 16.4. The normalized spacial score (nSPS) is 15.2. The first-order valence-corrected chi connectivity index (χ1v) is 17.5. The molecule has 4 amide bonds. The number of morpholine rings is 1. The minimum atomic E-state index is -4.89. The fourth-order valence-electron chi connectivity index (χ4n) is 6.13. The van der Waals surface area contributed by atoms with E-state index in [4.69, 9.17) is 27.9 Å². The quantitative estimate of drug-likeness (QED) is 0.145. The molecule has 0 spiro atoms. The highest BCUT2D eigenvalue weighted by Crippen LogP contribution is 2.38. The van der Waals surface area contributed by atoms with Gasteiger partial charge in [0.2, 0.25) is 0 Å². The molecule has 0 aliphatic carbocycles. The van der Waals surface area contributed by atoms with E-state index in [9.17, 15) is 22.8 Å². The summed E-state index contributed by atoms with van der Waals surface area (Å²) in [5.41, 5.74) is 0.244. The highest BCUT2D eigenvalue weighted by atomic mass is 35.5. The number of benzene rings is 4. The summed E-state index contributed by atoms with van der Waals surface area (Å²) >= 11 is 12.1. The smallest absolute Gasteiger partial charge is 0.379 e. The summed E-state index contributed by atoms with van der Waals surface area (Å²) in [4.78, 5) is 32.6. The summed E-state index contributed by atoms with van der Waals surface area (Å²) in [6.07, 6.45) is -1.98. The van der Waals surface area contributed by atoms with Crippen molar-refractivity contribution >= 4 is 63.7 Å². The monoisotopic (exact) mass is 758 g/mol. The zero-order valence-electron chi connectivity index (χ0n) is 27.9. The molecule has 274 valence electrons. The molecule has 4 aromatic carbocycles. The first-order valence-electron chi connectivity index (χ1n) is 16.7. The number of carbonyl (C=O) groups excluding carboxylic acids is 2. The lowest BCUT2D eigenvalue weighted by Gasteiger charge is -2.35. The van der Waals surface area contributed by atoms with E-state index in [1.165, 1.54) is 42.5 Å². The largest absolute Gasteiger partial charge is 0.417 e. The van der Waals surface area contributed by atoms with Gasteiger partial charge in [-0.3, -0.25) is 4.90 Å². The zero-order chi connectivity index (χ0) is 36.8. The van der Waals surface area contributed by atoms with E-state index in [0.717, 1.165) is 60.1 Å². The van der Waals surface area contributed by atoms with Crippen molar-refractivity contribution in [2.24, 2.45) is 0 Å². The van der Waals surface area contributed by atoms with Crippen LogP contribution in [0.2, 0.25) is 10.0 Å². The van der Waals surface area contributed by atoms with Crippen LogP contribution >= 0.6 is 23.2 Å². The Bertz CT molecular complexity index is 1870. The fourth-order valence-corrected chi connectivity index (χ4v) is 6.48. The third-order valence-electron chi connectivity index (χ3n) is 8.77. The lowest BCUT2D eigenvalue weighted by atomic mass is 10.1. The molecular weight excluding hydrogens is 723 g/mol. The van der Waals surface area contributed by atoms with Gasteiger partial charge in [0.25, 0.3) is 0 Å². The topological polar surface area (TPSA) is 80.4 Å². The molecule has 4 aromatic rings. The van der Waals surface area contributed by atoms with Crippen LogP contribution in [0, 0.1) is 5.82 Å². The van der Waals surface area contributed by atoms with Gasteiger partial charge in [0.1, 0.15) is 5.82 Å². The van der Waals surface area contributed by atoms with E-state index >= 15 is 4.39 Å². The van der Waals surface area contributed by atoms with Gasteiger partial charge in [-0.05, 0) is 97.6 Å². The van der Waals surface area contributed by atoms with Crippen molar-refractivity contribution in [1.29, 1.82) is 0 Å². The standard InChI is InChI=1S/C37H36Cl2F4N6O3/c38-26-6-11-29(12-7-26)48(35(50)44-27-8-4-25(5-9-27)24-46-18-20-52-21-19-46)49(30-13-14-32(39)31(23-30)37(41,42)43)36(51)45-28-10-15-34(33(40)22-28)47-16-2-1-3-17-47/h4-15,22-23H,1-3,16-21,24H2,(H,44,50)(H,45,51). The van der Waals surface area contributed by atoms with E-state index in [1.54, 1.807) is 12.1 Å². The van der Waals surface area contributed by atoms with Crippen LogP contribution in [0.1, 0.15) is 30.4 Å². The van der Waals surface area contributed by atoms with Crippen LogP contribution in [-0.2, 0) is 17.5 Å². The highest BCUT2D eigenvalue weighted by molar-refractivity contribution is 6.31. The van der Waals surface area contributed by atoms with Crippen LogP contribution in [0.3, 0.4) is 0 Å². The van der Waals surface area contributed by atoms with E-state index in [-0.39, 0.29) is 17.1 Å². The van der Waals surface area contributed by atoms with Crippen LogP contribution in [0.5, 0.6) is 0 Å². The van der Waals surface area contributed by atoms with Crippen molar-refractivity contribution in [3.8, 4) is 0 Å². The molecule has 2 aliphatic heterocycles. The van der Waals surface area contributed by atoms with Gasteiger partial charge in [-0.2, -0.15) is 23.2 Å². The molecule has 2 N–H and O–H groups in total. The number of hydrazine groups is 1. The maximum absolute atomic E-state index is 15.4. The third kappa shape index (κ3) is 9.08. The van der Waals surface area contributed by atoms with E-state index < -0.39 is 34.6 Å². The Morgan fingerprint density at radius 3 is 1.96 bits per heavy atom. The molecule has 9 nitrogen and oxygen atoms in total. The summed E-state index contributed by atoms with van der Waals surface area (Å²) < 4.78 is 63.1. The number of hydrogen-bond donors (Lipinski definition) is 2. The molecule has 2 saturated heterocycles. The molecule has 52 heavy (non-hydrogen) atoms. The number of nitrogens with one attached hydrogen (secondary N) is 2. The maximum Gasteiger partial charge on any atom is 0.417 e. The van der Waals surface area contributed by atoms with E-state index in [0.29, 0.717) is 55.3 Å². The lowest BCUT2D eigenvalue weighted by Crippen LogP contribution is -2.54. The SMILES string of the molecule is O=C(Nc1ccc(CN2CCOCC2)cc1)N(c1ccc(Cl)cc1)N(C(=O)Nc1ccc(N2CCCCC2)c(F)c1)c1ccc(Cl)c(C(F)(F)F)c1. The lowest BCUT2D eigenvalue weighted by molar-refractivity contribution is -0.137. The minimum absolute atomic E-state index is 0.0191. The van der Waals surface area contributed by atoms with Gasteiger partial charge in [-0.1, -0.05) is 35.3 Å². The van der Waals surface area contributed by atoms with Crippen molar-refractivity contribution in [3.63, 3.8) is 0 Å². The Hall–Kier alpha value is -4.56. The van der Waals surface area contributed by atoms with Crippen molar-refractivity contribution in [3.05, 3.63) is 112 Å². The number of halogens is 6. The number of piperidine rings is 1. The predicted octanol–water partition coefficient (Wildman–Crippen LogP) is 9.67. The molecule has 0 saturated carbocycles. The van der Waals surface area contributed by atoms with Gasteiger partial charge in [-0.25, -0.2) is 14.0 Å². The number of urea groups is 2. The first-order chi connectivity index (χ1) is 25.0. The number of alkyl halides is 3.